The molecule has 0 saturated heterocycles. The Bertz CT molecular complexity index is 1610. The van der Waals surface area contributed by atoms with Gasteiger partial charge in [0.1, 0.15) is 4.88 Å². The first-order valence-corrected chi connectivity index (χ1v) is 13.3. The van der Waals surface area contributed by atoms with Crippen LogP contribution in [0.5, 0.6) is 11.5 Å². The average molecular weight is 617 g/mol. The molecular weight excluding hydrogens is 601 g/mol. The van der Waals surface area contributed by atoms with Crippen LogP contribution in [0.2, 0.25) is 10.0 Å². The summed E-state index contributed by atoms with van der Waals surface area (Å²) in [5, 5.41) is 1.85. The third-order valence-corrected chi connectivity index (χ3v) is 7.65. The Hall–Kier alpha value is -3.17. The van der Waals surface area contributed by atoms with E-state index in [1.165, 1.54) is 11.3 Å². The third kappa shape index (κ3) is 5.43. The maximum atomic E-state index is 12.6. The molecule has 4 aromatic rings. The Balaban J connectivity index is 1.43. The second-order valence-electron chi connectivity index (χ2n) is 7.76. The Kier molecular flexibility index (Phi) is 7.35. The van der Waals surface area contributed by atoms with Crippen molar-refractivity contribution >= 4 is 84.5 Å². The summed E-state index contributed by atoms with van der Waals surface area (Å²) in [4.78, 5) is 30.1. The SMILES string of the molecule is CCOc1cc(/C=C2/N=C(c3sc4cc(Br)ccc4c3Cl)OC2=O)ccc1OC(=O)c1ccc(Cl)cc1. The van der Waals surface area contributed by atoms with Crippen LogP contribution in [0, 0.1) is 0 Å². The lowest BCUT2D eigenvalue weighted by Gasteiger charge is -2.11. The van der Waals surface area contributed by atoms with Crippen molar-refractivity contribution in [3.05, 3.63) is 96.9 Å². The van der Waals surface area contributed by atoms with Crippen LogP contribution < -0.4 is 9.47 Å². The molecule has 1 aliphatic heterocycles. The molecule has 6 nitrogen and oxygen atoms in total. The highest BCUT2D eigenvalue weighted by molar-refractivity contribution is 9.10. The molecule has 0 saturated carbocycles. The van der Waals surface area contributed by atoms with E-state index in [1.54, 1.807) is 48.5 Å². The van der Waals surface area contributed by atoms with Gasteiger partial charge in [0.2, 0.25) is 5.90 Å². The van der Waals surface area contributed by atoms with Crippen LogP contribution in [0.15, 0.2) is 75.8 Å². The van der Waals surface area contributed by atoms with Crippen molar-refractivity contribution < 1.29 is 23.8 Å². The zero-order chi connectivity index (χ0) is 26.1. The minimum absolute atomic E-state index is 0.109. The number of hydrogen-bond donors (Lipinski definition) is 0. The van der Waals surface area contributed by atoms with E-state index in [0.717, 1.165) is 14.6 Å². The normalized spacial score (nSPS) is 14.1. The zero-order valence-electron chi connectivity index (χ0n) is 19.1. The van der Waals surface area contributed by atoms with E-state index in [9.17, 15) is 9.59 Å². The maximum Gasteiger partial charge on any atom is 0.363 e. The summed E-state index contributed by atoms with van der Waals surface area (Å²) in [7, 11) is 0. The van der Waals surface area contributed by atoms with E-state index in [2.05, 4.69) is 20.9 Å². The first-order chi connectivity index (χ1) is 17.8. The van der Waals surface area contributed by atoms with Crippen molar-refractivity contribution in [3.8, 4) is 11.5 Å². The number of esters is 2. The summed E-state index contributed by atoms with van der Waals surface area (Å²) in [6, 6.07) is 17.0. The molecule has 0 bridgehead atoms. The molecule has 2 heterocycles. The summed E-state index contributed by atoms with van der Waals surface area (Å²) < 4.78 is 18.5. The van der Waals surface area contributed by atoms with Gasteiger partial charge in [-0.3, -0.25) is 0 Å². The van der Waals surface area contributed by atoms with Crippen molar-refractivity contribution in [1.29, 1.82) is 0 Å². The molecule has 0 unspecified atom stereocenters. The Morgan fingerprint density at radius 3 is 2.62 bits per heavy atom. The number of carbonyl (C=O) groups is 2. The Morgan fingerprint density at radius 1 is 1.08 bits per heavy atom. The molecule has 0 fully saturated rings. The number of carbonyl (C=O) groups excluding carboxylic acids is 2. The molecule has 10 heteroatoms. The van der Waals surface area contributed by atoms with Gasteiger partial charge in [-0.05, 0) is 67.1 Å². The number of cyclic esters (lactones) is 1. The van der Waals surface area contributed by atoms with Crippen molar-refractivity contribution in [1.82, 2.24) is 0 Å². The minimum Gasteiger partial charge on any atom is -0.490 e. The lowest BCUT2D eigenvalue weighted by molar-refractivity contribution is -0.129. The van der Waals surface area contributed by atoms with Gasteiger partial charge in [-0.25, -0.2) is 14.6 Å². The van der Waals surface area contributed by atoms with Crippen molar-refractivity contribution in [2.45, 2.75) is 6.92 Å². The van der Waals surface area contributed by atoms with E-state index >= 15 is 0 Å². The predicted octanol–water partition coefficient (Wildman–Crippen LogP) is 7.93. The van der Waals surface area contributed by atoms with Crippen molar-refractivity contribution in [3.63, 3.8) is 0 Å². The largest absolute Gasteiger partial charge is 0.490 e. The molecule has 0 aliphatic carbocycles. The third-order valence-electron chi connectivity index (χ3n) is 5.26. The highest BCUT2D eigenvalue weighted by atomic mass is 79.9. The summed E-state index contributed by atoms with van der Waals surface area (Å²) >= 11 is 17.3. The number of hydrogen-bond acceptors (Lipinski definition) is 7. The number of ether oxygens (including phenoxy) is 3. The number of benzene rings is 3. The van der Waals surface area contributed by atoms with Crippen LogP contribution in [-0.2, 0) is 9.53 Å². The van der Waals surface area contributed by atoms with Crippen LogP contribution in [0.25, 0.3) is 16.2 Å². The van der Waals surface area contributed by atoms with Crippen LogP contribution in [0.3, 0.4) is 0 Å². The molecule has 0 radical (unpaired) electrons. The van der Waals surface area contributed by atoms with Crippen LogP contribution >= 0.6 is 50.5 Å². The molecule has 3 aromatic carbocycles. The number of halogens is 3. The molecular formula is C27H16BrCl2NO5S. The summed E-state index contributed by atoms with van der Waals surface area (Å²) in [6.07, 6.45) is 1.57. The fraction of sp³-hybridized carbons (Fsp3) is 0.0741. The number of aliphatic imine (C=N–C) groups is 1. The van der Waals surface area contributed by atoms with Crippen molar-refractivity contribution in [2.75, 3.05) is 6.61 Å². The van der Waals surface area contributed by atoms with Gasteiger partial charge in [0.05, 0.1) is 17.2 Å². The van der Waals surface area contributed by atoms with Gasteiger partial charge in [-0.1, -0.05) is 51.3 Å². The minimum atomic E-state index is -0.596. The standard InChI is InChI=1S/C27H16BrCl2NO5S/c1-2-34-21-12-14(3-10-20(21)35-26(32)15-4-7-17(29)8-5-15)11-19-27(33)36-25(31-19)24-23(30)18-9-6-16(28)13-22(18)37-24/h3-13H,2H2,1H3/b19-11+. The first kappa shape index (κ1) is 25.5. The summed E-state index contributed by atoms with van der Waals surface area (Å²) in [5.74, 6) is -0.416. The second kappa shape index (κ2) is 10.7. The molecule has 1 aliphatic rings. The summed E-state index contributed by atoms with van der Waals surface area (Å²) in [5.41, 5.74) is 1.07. The van der Waals surface area contributed by atoms with E-state index < -0.39 is 11.9 Å². The molecule has 1 aromatic heterocycles. The van der Waals surface area contributed by atoms with Crippen molar-refractivity contribution in [2.24, 2.45) is 4.99 Å². The first-order valence-electron chi connectivity index (χ1n) is 11.0. The average Bonchev–Trinajstić information content (AvgIpc) is 3.39. The van der Waals surface area contributed by atoms with Crippen LogP contribution in [-0.4, -0.2) is 24.4 Å². The second-order valence-corrected chi connectivity index (χ2v) is 10.5. The Morgan fingerprint density at radius 2 is 1.86 bits per heavy atom. The van der Waals surface area contributed by atoms with Gasteiger partial charge < -0.3 is 14.2 Å². The fourth-order valence-electron chi connectivity index (χ4n) is 3.55. The molecule has 0 N–H and O–H groups in total. The highest BCUT2D eigenvalue weighted by Crippen LogP contribution is 2.39. The number of rotatable bonds is 6. The zero-order valence-corrected chi connectivity index (χ0v) is 23.0. The lowest BCUT2D eigenvalue weighted by atomic mass is 10.1. The van der Waals surface area contributed by atoms with Gasteiger partial charge in [0, 0.05) is 19.6 Å². The molecule has 0 amide bonds. The smallest absolute Gasteiger partial charge is 0.363 e. The fourth-order valence-corrected chi connectivity index (χ4v) is 5.67. The van der Waals surface area contributed by atoms with Gasteiger partial charge >= 0.3 is 11.9 Å². The number of nitrogens with zero attached hydrogens (tertiary/aromatic N) is 1. The molecule has 5 rings (SSSR count). The number of fused-ring (bicyclic) bond motifs is 1. The van der Waals surface area contributed by atoms with Gasteiger partial charge in [-0.15, -0.1) is 11.3 Å². The quantitative estimate of drug-likeness (QED) is 0.125. The predicted molar refractivity (Wildman–Crippen MR) is 149 cm³/mol. The highest BCUT2D eigenvalue weighted by Gasteiger charge is 2.28. The van der Waals surface area contributed by atoms with Crippen LogP contribution in [0.4, 0.5) is 0 Å². The van der Waals surface area contributed by atoms with Crippen LogP contribution in [0.1, 0.15) is 27.7 Å². The Labute approximate surface area is 234 Å². The van der Waals surface area contributed by atoms with Gasteiger partial charge in [0.15, 0.2) is 17.2 Å². The monoisotopic (exact) mass is 615 g/mol. The maximum absolute atomic E-state index is 12.6. The van der Waals surface area contributed by atoms with Gasteiger partial charge in [-0.2, -0.15) is 0 Å². The van der Waals surface area contributed by atoms with E-state index in [-0.39, 0.29) is 17.3 Å². The number of thiophene rings is 1. The molecule has 0 spiro atoms. The molecule has 0 atom stereocenters. The van der Waals surface area contributed by atoms with E-state index in [0.29, 0.717) is 38.4 Å². The lowest BCUT2D eigenvalue weighted by Crippen LogP contribution is -2.09. The molecule has 37 heavy (non-hydrogen) atoms. The van der Waals surface area contributed by atoms with E-state index in [4.69, 9.17) is 37.4 Å². The summed E-state index contributed by atoms with van der Waals surface area (Å²) in [6.45, 7) is 2.16. The topological polar surface area (TPSA) is 74.2 Å². The van der Waals surface area contributed by atoms with E-state index in [1.807, 2.05) is 25.1 Å². The van der Waals surface area contributed by atoms with Gasteiger partial charge in [0.25, 0.3) is 0 Å². The molecule has 186 valence electrons.